The summed E-state index contributed by atoms with van der Waals surface area (Å²) < 4.78 is 1.66. The van der Waals surface area contributed by atoms with Gasteiger partial charge >= 0.3 is 5.69 Å². The second-order valence-corrected chi connectivity index (χ2v) is 6.83. The van der Waals surface area contributed by atoms with Gasteiger partial charge in [0.25, 0.3) is 5.91 Å². The standard InChI is InChI=1S/C15H18N6O2S/c1-8(2)4-10-5-11(19-14(23)18-10)13(22)17-9(3)12-6-21-15(20-12)24-7-16-21/h5-9H,4H2,1-3H3,(H,17,22)(H,18,19,23). The molecule has 3 aromatic heterocycles. The molecule has 3 aromatic rings. The Morgan fingerprint density at radius 3 is 2.88 bits per heavy atom. The molecular weight excluding hydrogens is 328 g/mol. The molecule has 1 unspecified atom stereocenters. The maximum atomic E-state index is 12.4. The van der Waals surface area contributed by atoms with Gasteiger partial charge in [0.2, 0.25) is 4.96 Å². The zero-order chi connectivity index (χ0) is 17.3. The van der Waals surface area contributed by atoms with E-state index in [1.807, 2.05) is 20.8 Å². The molecule has 1 amide bonds. The van der Waals surface area contributed by atoms with Gasteiger partial charge in [0.05, 0.1) is 17.9 Å². The number of aromatic nitrogens is 5. The summed E-state index contributed by atoms with van der Waals surface area (Å²) in [6, 6.07) is 1.30. The average molecular weight is 346 g/mol. The first-order valence-electron chi connectivity index (χ1n) is 7.62. The van der Waals surface area contributed by atoms with E-state index in [1.165, 1.54) is 11.3 Å². The number of aromatic amines is 1. The number of fused-ring (bicyclic) bond motifs is 1. The van der Waals surface area contributed by atoms with Crippen LogP contribution in [0.2, 0.25) is 0 Å². The van der Waals surface area contributed by atoms with Crippen molar-refractivity contribution < 1.29 is 4.79 Å². The topological polar surface area (TPSA) is 105 Å². The first-order valence-corrected chi connectivity index (χ1v) is 8.50. The smallest absolute Gasteiger partial charge is 0.343 e. The molecule has 9 heteroatoms. The van der Waals surface area contributed by atoms with Crippen LogP contribution in [-0.4, -0.2) is 30.5 Å². The minimum Gasteiger partial charge on any atom is -0.343 e. The van der Waals surface area contributed by atoms with Gasteiger partial charge in [-0.15, -0.1) is 0 Å². The fourth-order valence-corrected chi connectivity index (χ4v) is 2.99. The highest BCUT2D eigenvalue weighted by molar-refractivity contribution is 7.14. The monoisotopic (exact) mass is 346 g/mol. The minimum atomic E-state index is -0.516. The summed E-state index contributed by atoms with van der Waals surface area (Å²) in [5, 5.41) is 6.93. The van der Waals surface area contributed by atoms with E-state index < -0.39 is 11.6 Å². The van der Waals surface area contributed by atoms with Crippen molar-refractivity contribution in [1.29, 1.82) is 0 Å². The molecule has 0 aliphatic heterocycles. The summed E-state index contributed by atoms with van der Waals surface area (Å²) in [6.07, 6.45) is 2.45. The van der Waals surface area contributed by atoms with Crippen molar-refractivity contribution in [2.45, 2.75) is 33.2 Å². The van der Waals surface area contributed by atoms with Gasteiger partial charge in [-0.05, 0) is 25.3 Å². The molecule has 0 saturated heterocycles. The van der Waals surface area contributed by atoms with E-state index in [4.69, 9.17) is 0 Å². The van der Waals surface area contributed by atoms with Crippen LogP contribution in [0.5, 0.6) is 0 Å². The molecular formula is C15H18N6O2S. The molecule has 0 radical (unpaired) electrons. The van der Waals surface area contributed by atoms with Crippen LogP contribution in [0, 0.1) is 5.92 Å². The summed E-state index contributed by atoms with van der Waals surface area (Å²) in [6.45, 7) is 5.91. The second-order valence-electron chi connectivity index (χ2n) is 6.02. The largest absolute Gasteiger partial charge is 0.345 e. The molecule has 3 rings (SSSR count). The van der Waals surface area contributed by atoms with Crippen molar-refractivity contribution in [2.75, 3.05) is 0 Å². The number of amides is 1. The average Bonchev–Trinajstić information content (AvgIpc) is 3.06. The van der Waals surface area contributed by atoms with Crippen molar-refractivity contribution in [2.24, 2.45) is 5.92 Å². The van der Waals surface area contributed by atoms with E-state index in [1.54, 1.807) is 22.3 Å². The minimum absolute atomic E-state index is 0.111. The predicted molar refractivity (Wildman–Crippen MR) is 90.1 cm³/mol. The number of imidazole rings is 1. The van der Waals surface area contributed by atoms with E-state index in [9.17, 15) is 9.59 Å². The van der Waals surface area contributed by atoms with Gasteiger partial charge in [-0.2, -0.15) is 10.1 Å². The third-order valence-electron chi connectivity index (χ3n) is 3.46. The summed E-state index contributed by atoms with van der Waals surface area (Å²) >= 11 is 1.42. The molecule has 0 fully saturated rings. The quantitative estimate of drug-likeness (QED) is 0.729. The van der Waals surface area contributed by atoms with Crippen molar-refractivity contribution in [3.8, 4) is 0 Å². The van der Waals surface area contributed by atoms with E-state index in [-0.39, 0.29) is 11.7 Å². The van der Waals surface area contributed by atoms with Crippen LogP contribution in [-0.2, 0) is 6.42 Å². The van der Waals surface area contributed by atoms with Gasteiger partial charge in [0.15, 0.2) is 0 Å². The molecule has 0 spiro atoms. The van der Waals surface area contributed by atoms with Gasteiger partial charge in [-0.25, -0.2) is 14.3 Å². The third kappa shape index (κ3) is 3.51. The molecule has 8 nitrogen and oxygen atoms in total. The molecule has 24 heavy (non-hydrogen) atoms. The second kappa shape index (κ2) is 6.52. The van der Waals surface area contributed by atoms with Crippen LogP contribution >= 0.6 is 11.3 Å². The number of hydrogen-bond acceptors (Lipinski definition) is 6. The normalized spacial score (nSPS) is 12.7. The molecule has 0 aromatic carbocycles. The molecule has 3 heterocycles. The number of H-pyrrole nitrogens is 1. The van der Waals surface area contributed by atoms with Crippen LogP contribution in [0.3, 0.4) is 0 Å². The Morgan fingerprint density at radius 2 is 2.17 bits per heavy atom. The molecule has 2 N–H and O–H groups in total. The maximum Gasteiger partial charge on any atom is 0.345 e. The number of carbonyl (C=O) groups is 1. The lowest BCUT2D eigenvalue weighted by Crippen LogP contribution is -2.30. The fourth-order valence-electron chi connectivity index (χ4n) is 2.38. The summed E-state index contributed by atoms with van der Waals surface area (Å²) in [5.74, 6) is -0.0354. The zero-order valence-corrected chi connectivity index (χ0v) is 14.4. The van der Waals surface area contributed by atoms with Crippen LogP contribution in [0.4, 0.5) is 0 Å². The van der Waals surface area contributed by atoms with Gasteiger partial charge in [0, 0.05) is 5.69 Å². The van der Waals surface area contributed by atoms with E-state index in [0.29, 0.717) is 23.7 Å². The van der Waals surface area contributed by atoms with Gasteiger partial charge in [0.1, 0.15) is 11.2 Å². The first-order chi connectivity index (χ1) is 11.4. The molecule has 0 aliphatic rings. The van der Waals surface area contributed by atoms with Crippen molar-refractivity contribution >= 4 is 22.2 Å². The Kier molecular flexibility index (Phi) is 4.43. The Labute approximate surface area is 142 Å². The maximum absolute atomic E-state index is 12.4. The van der Waals surface area contributed by atoms with E-state index >= 15 is 0 Å². The lowest BCUT2D eigenvalue weighted by atomic mass is 10.1. The fraction of sp³-hybridized carbons (Fsp3) is 0.400. The van der Waals surface area contributed by atoms with Crippen molar-refractivity contribution in [1.82, 2.24) is 29.9 Å². The Bertz CT molecular complexity index is 897. The zero-order valence-electron chi connectivity index (χ0n) is 13.6. The van der Waals surface area contributed by atoms with E-state index in [2.05, 4.69) is 25.4 Å². The van der Waals surface area contributed by atoms with Crippen LogP contribution in [0.15, 0.2) is 22.6 Å². The Balaban J connectivity index is 1.77. The number of hydrogen-bond donors (Lipinski definition) is 2. The summed E-state index contributed by atoms with van der Waals surface area (Å²) in [4.78, 5) is 35.7. The number of rotatable bonds is 5. The third-order valence-corrected chi connectivity index (χ3v) is 4.15. The highest BCUT2D eigenvalue weighted by Crippen LogP contribution is 2.15. The highest BCUT2D eigenvalue weighted by atomic mass is 32.1. The molecule has 1 atom stereocenters. The molecule has 126 valence electrons. The van der Waals surface area contributed by atoms with Gasteiger partial charge < -0.3 is 10.3 Å². The number of carbonyl (C=O) groups excluding carboxylic acids is 1. The lowest BCUT2D eigenvalue weighted by Gasteiger charge is -2.11. The summed E-state index contributed by atoms with van der Waals surface area (Å²) in [5.41, 5.74) is 2.70. The molecule has 0 bridgehead atoms. The van der Waals surface area contributed by atoms with Crippen molar-refractivity contribution in [3.63, 3.8) is 0 Å². The highest BCUT2D eigenvalue weighted by Gasteiger charge is 2.17. The van der Waals surface area contributed by atoms with Crippen molar-refractivity contribution in [3.05, 3.63) is 45.3 Å². The van der Waals surface area contributed by atoms with E-state index in [0.717, 1.165) is 4.96 Å². The predicted octanol–water partition coefficient (Wildman–Crippen LogP) is 1.56. The Hall–Kier alpha value is -2.55. The Morgan fingerprint density at radius 1 is 1.38 bits per heavy atom. The van der Waals surface area contributed by atoms with Crippen LogP contribution < -0.4 is 11.0 Å². The number of nitrogens with one attached hydrogen (secondary N) is 2. The molecule has 0 aliphatic carbocycles. The van der Waals surface area contributed by atoms with Gasteiger partial charge in [-0.1, -0.05) is 25.2 Å². The first kappa shape index (κ1) is 16.3. The van der Waals surface area contributed by atoms with Crippen LogP contribution in [0.1, 0.15) is 48.7 Å². The lowest BCUT2D eigenvalue weighted by molar-refractivity contribution is 0.0933. The molecule has 0 saturated carbocycles. The van der Waals surface area contributed by atoms with Crippen LogP contribution in [0.25, 0.3) is 4.96 Å². The SMILES string of the molecule is CC(C)Cc1cc(C(=O)NC(C)c2cn3ncsc3n2)nc(=O)[nH]1. The van der Waals surface area contributed by atoms with Gasteiger partial charge in [-0.3, -0.25) is 4.79 Å². The summed E-state index contributed by atoms with van der Waals surface area (Å²) in [7, 11) is 0. The number of nitrogens with zero attached hydrogens (tertiary/aromatic N) is 4.